The fourth-order valence-electron chi connectivity index (χ4n) is 5.43. The molecule has 10 heteroatoms. The molecule has 190 valence electrons. The van der Waals surface area contributed by atoms with Gasteiger partial charge in [0.25, 0.3) is 5.91 Å². The maximum Gasteiger partial charge on any atom is 0.277 e. The van der Waals surface area contributed by atoms with Crippen molar-refractivity contribution in [3.05, 3.63) is 99.0 Å². The summed E-state index contributed by atoms with van der Waals surface area (Å²) in [4.78, 5) is 28.3. The number of carbonyl (C=O) groups excluding carboxylic acids is 1. The van der Waals surface area contributed by atoms with Crippen LogP contribution >= 0.6 is 11.8 Å². The van der Waals surface area contributed by atoms with Gasteiger partial charge in [0.15, 0.2) is 23.1 Å². The number of halogens is 2. The summed E-state index contributed by atoms with van der Waals surface area (Å²) in [6.07, 6.45) is 5.55. The molecule has 2 aromatic carbocycles. The molecule has 1 aromatic heterocycles. The molecule has 0 fully saturated rings. The van der Waals surface area contributed by atoms with E-state index in [1.165, 1.54) is 28.7 Å². The third-order valence-electron chi connectivity index (χ3n) is 7.24. The van der Waals surface area contributed by atoms with E-state index >= 15 is 4.39 Å². The zero-order chi connectivity index (χ0) is 25.9. The monoisotopic (exact) mass is 523 g/mol. The Kier molecular flexibility index (Phi) is 5.52. The van der Waals surface area contributed by atoms with E-state index in [9.17, 15) is 19.1 Å². The second-order valence-corrected chi connectivity index (χ2v) is 10.3. The Morgan fingerprint density at radius 1 is 1.14 bits per heavy atom. The van der Waals surface area contributed by atoms with Crippen molar-refractivity contribution >= 4 is 17.7 Å². The Balaban J connectivity index is 1.75. The molecule has 1 atom stereocenters. The summed E-state index contributed by atoms with van der Waals surface area (Å²) >= 11 is 1.39. The van der Waals surface area contributed by atoms with Crippen molar-refractivity contribution < 1.29 is 23.4 Å². The minimum atomic E-state index is -1.20. The number of amides is 1. The lowest BCUT2D eigenvalue weighted by Crippen LogP contribution is -2.62. The summed E-state index contributed by atoms with van der Waals surface area (Å²) in [5.74, 6) is -2.75. The van der Waals surface area contributed by atoms with Gasteiger partial charge >= 0.3 is 0 Å². The van der Waals surface area contributed by atoms with Gasteiger partial charge in [-0.25, -0.2) is 8.78 Å². The first kappa shape index (κ1) is 23.6. The van der Waals surface area contributed by atoms with Crippen LogP contribution in [-0.2, 0) is 11.3 Å². The zero-order valence-electron chi connectivity index (χ0n) is 19.9. The third-order valence-corrected chi connectivity index (χ3v) is 8.34. The van der Waals surface area contributed by atoms with Crippen molar-refractivity contribution in [2.45, 2.75) is 29.5 Å². The number of aromatic hydroxyl groups is 1. The zero-order valence-corrected chi connectivity index (χ0v) is 20.7. The molecule has 0 spiro atoms. The highest BCUT2D eigenvalue weighted by molar-refractivity contribution is 7.98. The molecule has 1 N–H and O–H groups in total. The molecule has 4 heterocycles. The van der Waals surface area contributed by atoms with E-state index in [0.717, 1.165) is 16.5 Å². The number of aromatic nitrogens is 1. The first-order valence-electron chi connectivity index (χ1n) is 11.9. The highest BCUT2D eigenvalue weighted by Gasteiger charge is 2.48. The van der Waals surface area contributed by atoms with Crippen LogP contribution < -0.4 is 15.2 Å². The predicted molar refractivity (Wildman–Crippen MR) is 135 cm³/mol. The maximum atomic E-state index is 15.5. The van der Waals surface area contributed by atoms with Crippen molar-refractivity contribution in [3.8, 4) is 11.5 Å². The number of carbonyl (C=O) groups is 1. The summed E-state index contributed by atoms with van der Waals surface area (Å²) in [6.45, 7) is 2.39. The van der Waals surface area contributed by atoms with Crippen LogP contribution in [0, 0.1) is 11.6 Å². The predicted octanol–water partition coefficient (Wildman–Crippen LogP) is 4.09. The number of rotatable bonds is 0. The summed E-state index contributed by atoms with van der Waals surface area (Å²) < 4.78 is 37.9. The first-order valence-corrected chi connectivity index (χ1v) is 12.8. The SMILES string of the molecule is C[C@@]12c3ccccc3SCc3c(F)c(F)cc(c31)OC/C=C\CCN1CN2n2ccc(=O)c(O)c2C1=O. The number of nitrogens with zero attached hydrogens (tertiary/aromatic N) is 3. The topological polar surface area (TPSA) is 75.0 Å². The van der Waals surface area contributed by atoms with Crippen molar-refractivity contribution in [3.63, 3.8) is 0 Å². The molecule has 2 bridgehead atoms. The fourth-order valence-corrected chi connectivity index (χ4v) is 6.60. The van der Waals surface area contributed by atoms with E-state index in [4.69, 9.17) is 4.74 Å². The Hall–Kier alpha value is -3.79. The fraction of sp³-hybridized carbons (Fsp3) is 0.259. The van der Waals surface area contributed by atoms with Gasteiger partial charge < -0.3 is 14.7 Å². The van der Waals surface area contributed by atoms with Gasteiger partial charge in [-0.3, -0.25) is 19.3 Å². The summed E-state index contributed by atoms with van der Waals surface area (Å²) in [5, 5.41) is 12.5. The minimum absolute atomic E-state index is 0.0648. The number of ether oxygens (including phenoxy) is 1. The van der Waals surface area contributed by atoms with E-state index < -0.39 is 34.3 Å². The van der Waals surface area contributed by atoms with Crippen LogP contribution in [0.1, 0.15) is 40.5 Å². The maximum absolute atomic E-state index is 15.5. The standard InChI is InChI=1S/C27H23F2N3O4S/c1-27-17-7-3-4-8-21(17)37-14-16-22(27)20(13-18(28)23(16)29)36-12-6-2-5-10-30-15-32(27)31-11-9-19(33)25(34)24(31)26(30)35/h2-4,6-9,11,13,34H,5,10,12,14-15H2,1H3/b6-2-/t27-/m1/s1. The lowest BCUT2D eigenvalue weighted by Gasteiger charge is -2.50. The molecular formula is C27H23F2N3O4S. The molecule has 0 saturated heterocycles. The molecule has 7 nitrogen and oxygen atoms in total. The molecule has 3 aliphatic heterocycles. The molecule has 0 unspecified atom stereocenters. The van der Waals surface area contributed by atoms with Crippen LogP contribution in [0.4, 0.5) is 8.78 Å². The molecule has 3 aromatic rings. The second kappa shape index (κ2) is 8.65. The van der Waals surface area contributed by atoms with Crippen LogP contribution in [0.3, 0.4) is 0 Å². The van der Waals surface area contributed by atoms with Crippen LogP contribution in [-0.4, -0.2) is 40.4 Å². The number of pyridine rings is 1. The average molecular weight is 524 g/mol. The number of fused-ring (bicyclic) bond motifs is 7. The smallest absolute Gasteiger partial charge is 0.277 e. The van der Waals surface area contributed by atoms with Gasteiger partial charge in [0, 0.05) is 46.6 Å². The van der Waals surface area contributed by atoms with E-state index in [2.05, 4.69) is 0 Å². The lowest BCUT2D eigenvalue weighted by molar-refractivity contribution is 0.0664. The van der Waals surface area contributed by atoms with Crippen LogP contribution in [0.25, 0.3) is 0 Å². The molecule has 0 aliphatic carbocycles. The Labute approximate surface area is 215 Å². The summed E-state index contributed by atoms with van der Waals surface area (Å²) in [7, 11) is 0. The highest BCUT2D eigenvalue weighted by atomic mass is 32.2. The number of hydrogen-bond acceptors (Lipinski definition) is 6. The van der Waals surface area contributed by atoms with Gasteiger partial charge in [-0.05, 0) is 25.0 Å². The quantitative estimate of drug-likeness (QED) is 0.448. The van der Waals surface area contributed by atoms with Crippen molar-refractivity contribution in [1.29, 1.82) is 0 Å². The first-order chi connectivity index (χ1) is 17.8. The molecule has 1 amide bonds. The van der Waals surface area contributed by atoms with Gasteiger partial charge in [0.2, 0.25) is 5.43 Å². The number of benzene rings is 2. The third kappa shape index (κ3) is 3.46. The number of hydrogen-bond donors (Lipinski definition) is 1. The molecule has 6 rings (SSSR count). The molecule has 37 heavy (non-hydrogen) atoms. The van der Waals surface area contributed by atoms with Gasteiger partial charge in [-0.1, -0.05) is 30.4 Å². The van der Waals surface area contributed by atoms with Gasteiger partial charge in [0.1, 0.15) is 24.6 Å². The van der Waals surface area contributed by atoms with Crippen LogP contribution in [0.5, 0.6) is 11.5 Å². The lowest BCUT2D eigenvalue weighted by atomic mass is 9.80. The normalized spacial score (nSPS) is 21.4. The molecule has 0 radical (unpaired) electrons. The largest absolute Gasteiger partial charge is 0.502 e. The Bertz CT molecular complexity index is 1540. The van der Waals surface area contributed by atoms with E-state index in [1.807, 2.05) is 42.3 Å². The van der Waals surface area contributed by atoms with Crippen molar-refractivity contribution in [2.24, 2.45) is 0 Å². The Morgan fingerprint density at radius 2 is 1.95 bits per heavy atom. The van der Waals surface area contributed by atoms with Crippen molar-refractivity contribution in [2.75, 3.05) is 24.8 Å². The van der Waals surface area contributed by atoms with E-state index in [-0.39, 0.29) is 36.0 Å². The minimum Gasteiger partial charge on any atom is -0.502 e. The second-order valence-electron chi connectivity index (χ2n) is 9.28. The van der Waals surface area contributed by atoms with E-state index in [1.54, 1.807) is 11.0 Å². The van der Waals surface area contributed by atoms with Gasteiger partial charge in [-0.15, -0.1) is 11.8 Å². The summed E-state index contributed by atoms with van der Waals surface area (Å²) in [6, 6.07) is 9.83. The molecular weight excluding hydrogens is 500 g/mol. The van der Waals surface area contributed by atoms with Gasteiger partial charge in [-0.2, -0.15) is 0 Å². The van der Waals surface area contributed by atoms with Crippen LogP contribution in [0.15, 0.2) is 64.4 Å². The Morgan fingerprint density at radius 3 is 2.78 bits per heavy atom. The number of thioether (sulfide) groups is 1. The van der Waals surface area contributed by atoms with Gasteiger partial charge in [0.05, 0.1) is 0 Å². The average Bonchev–Trinajstić information content (AvgIpc) is 3.02. The van der Waals surface area contributed by atoms with E-state index in [0.29, 0.717) is 18.5 Å². The molecule has 0 saturated carbocycles. The molecule has 3 aliphatic rings. The van der Waals surface area contributed by atoms with Crippen LogP contribution in [0.2, 0.25) is 0 Å². The van der Waals surface area contributed by atoms with Crippen molar-refractivity contribution in [1.82, 2.24) is 9.58 Å². The highest BCUT2D eigenvalue weighted by Crippen LogP contribution is 2.51. The summed E-state index contributed by atoms with van der Waals surface area (Å²) in [5.41, 5.74) is -0.673.